The number of nitrogens with two attached hydrogens (primary N) is 1. The first-order valence-electron chi connectivity index (χ1n) is 7.34. The summed E-state index contributed by atoms with van der Waals surface area (Å²) < 4.78 is 5.28. The number of aromatic nitrogens is 1. The highest BCUT2D eigenvalue weighted by atomic mass is 16.5. The van der Waals surface area contributed by atoms with E-state index in [1.165, 1.54) is 0 Å². The molecule has 0 saturated carbocycles. The fourth-order valence-corrected chi connectivity index (χ4v) is 3.00. The third-order valence-electron chi connectivity index (χ3n) is 4.01. The van der Waals surface area contributed by atoms with Crippen LogP contribution in [0.4, 0.5) is 0 Å². The van der Waals surface area contributed by atoms with Gasteiger partial charge in [0.25, 0.3) is 0 Å². The largest absolute Gasteiger partial charge is 0.368 e. The number of carbonyl (C=O) groups excluding carboxylic acids is 2. The van der Waals surface area contributed by atoms with Crippen LogP contribution in [0.3, 0.4) is 0 Å². The summed E-state index contributed by atoms with van der Waals surface area (Å²) in [5, 5.41) is 3.86. The van der Waals surface area contributed by atoms with E-state index in [-0.39, 0.29) is 17.7 Å². The van der Waals surface area contributed by atoms with Gasteiger partial charge >= 0.3 is 0 Å². The van der Waals surface area contributed by atoms with Gasteiger partial charge in [-0.15, -0.1) is 0 Å². The third-order valence-corrected chi connectivity index (χ3v) is 4.01. The molecule has 2 rings (SSSR count). The first kappa shape index (κ1) is 15.5. The van der Waals surface area contributed by atoms with Crippen LogP contribution in [0, 0.1) is 18.8 Å². The molecule has 0 radical (unpaired) electrons. The van der Waals surface area contributed by atoms with Crippen molar-refractivity contribution in [2.24, 2.45) is 17.6 Å². The Balaban J connectivity index is 2.28. The minimum Gasteiger partial charge on any atom is -0.368 e. The van der Waals surface area contributed by atoms with Crippen molar-refractivity contribution in [3.8, 4) is 0 Å². The summed E-state index contributed by atoms with van der Waals surface area (Å²) in [5.41, 5.74) is 6.18. The van der Waals surface area contributed by atoms with E-state index in [1.807, 2.05) is 27.7 Å². The number of rotatable bonds is 4. The molecule has 0 aliphatic carbocycles. The van der Waals surface area contributed by atoms with Crippen LogP contribution in [0.1, 0.15) is 44.6 Å². The number of nitrogens with zero attached hydrogens (tertiary/aromatic N) is 2. The van der Waals surface area contributed by atoms with Gasteiger partial charge in [0.15, 0.2) is 0 Å². The van der Waals surface area contributed by atoms with E-state index in [4.69, 9.17) is 10.3 Å². The van der Waals surface area contributed by atoms with Gasteiger partial charge in [-0.25, -0.2) is 0 Å². The summed E-state index contributed by atoms with van der Waals surface area (Å²) in [6, 6.07) is 1.26. The second-order valence-corrected chi connectivity index (χ2v) is 6.34. The van der Waals surface area contributed by atoms with E-state index >= 15 is 0 Å². The van der Waals surface area contributed by atoms with Gasteiger partial charge in [0, 0.05) is 12.6 Å². The fourth-order valence-electron chi connectivity index (χ4n) is 3.00. The fraction of sp³-hybridized carbons (Fsp3) is 0.667. The number of amides is 2. The van der Waals surface area contributed by atoms with Crippen LogP contribution in [0.2, 0.25) is 0 Å². The number of carbonyl (C=O) groups is 2. The summed E-state index contributed by atoms with van der Waals surface area (Å²) in [6.45, 7) is 8.31. The van der Waals surface area contributed by atoms with E-state index in [2.05, 4.69) is 5.16 Å². The molecule has 1 aromatic rings. The van der Waals surface area contributed by atoms with Crippen molar-refractivity contribution in [1.29, 1.82) is 0 Å². The van der Waals surface area contributed by atoms with E-state index in [0.717, 1.165) is 5.69 Å². The molecule has 1 aliphatic heterocycles. The van der Waals surface area contributed by atoms with Crippen LogP contribution in [0.25, 0.3) is 0 Å². The highest BCUT2D eigenvalue weighted by Gasteiger charge is 2.41. The quantitative estimate of drug-likeness (QED) is 0.909. The summed E-state index contributed by atoms with van der Waals surface area (Å²) >= 11 is 0. The Morgan fingerprint density at radius 1 is 1.48 bits per heavy atom. The Hall–Kier alpha value is -1.85. The predicted molar refractivity (Wildman–Crippen MR) is 77.3 cm³/mol. The Labute approximate surface area is 124 Å². The zero-order valence-corrected chi connectivity index (χ0v) is 13.0. The second kappa shape index (κ2) is 5.87. The molecular formula is C15H23N3O3. The standard InChI is InChI=1S/C15H23N3O3/c1-8(2)13(12-6-10(4)17-21-12)15(20)18-7-9(3)5-11(18)14(16)19/h6,8-9,11,13H,5,7H2,1-4H3,(H2,16,19)/t9-,11+,13?/m1/s1. The maximum absolute atomic E-state index is 12.9. The molecule has 1 aliphatic rings. The van der Waals surface area contributed by atoms with Crippen molar-refractivity contribution in [2.75, 3.05) is 6.54 Å². The van der Waals surface area contributed by atoms with Gasteiger partial charge in [0.1, 0.15) is 17.7 Å². The predicted octanol–water partition coefficient (Wildman–Crippen LogP) is 1.44. The first-order valence-corrected chi connectivity index (χ1v) is 7.34. The minimum absolute atomic E-state index is 0.0503. The lowest BCUT2D eigenvalue weighted by atomic mass is 9.91. The van der Waals surface area contributed by atoms with Crippen molar-refractivity contribution >= 4 is 11.8 Å². The van der Waals surface area contributed by atoms with Gasteiger partial charge in [0.2, 0.25) is 11.8 Å². The van der Waals surface area contributed by atoms with E-state index < -0.39 is 17.9 Å². The van der Waals surface area contributed by atoms with E-state index in [9.17, 15) is 9.59 Å². The third kappa shape index (κ3) is 3.09. The molecule has 0 aromatic carbocycles. The molecule has 1 unspecified atom stereocenters. The van der Waals surface area contributed by atoms with E-state index in [0.29, 0.717) is 18.7 Å². The molecule has 6 heteroatoms. The van der Waals surface area contributed by atoms with Gasteiger partial charge < -0.3 is 15.2 Å². The van der Waals surface area contributed by atoms with Crippen molar-refractivity contribution in [3.63, 3.8) is 0 Å². The highest BCUT2D eigenvalue weighted by Crippen LogP contribution is 2.32. The van der Waals surface area contributed by atoms with Gasteiger partial charge in [-0.1, -0.05) is 25.9 Å². The number of hydrogen-bond acceptors (Lipinski definition) is 4. The summed E-state index contributed by atoms with van der Waals surface area (Å²) in [6.07, 6.45) is 0.626. The van der Waals surface area contributed by atoms with Crippen LogP contribution in [-0.2, 0) is 9.59 Å². The summed E-state index contributed by atoms with van der Waals surface area (Å²) in [7, 11) is 0. The molecule has 1 saturated heterocycles. The normalized spacial score (nSPS) is 23.6. The van der Waals surface area contributed by atoms with Crippen LogP contribution in [0.15, 0.2) is 10.6 Å². The molecule has 2 amide bonds. The Morgan fingerprint density at radius 2 is 2.14 bits per heavy atom. The van der Waals surface area contributed by atoms with Crippen molar-refractivity contribution in [1.82, 2.24) is 10.1 Å². The Morgan fingerprint density at radius 3 is 2.62 bits per heavy atom. The number of hydrogen-bond donors (Lipinski definition) is 1. The molecule has 0 bridgehead atoms. The zero-order valence-electron chi connectivity index (χ0n) is 13.0. The van der Waals surface area contributed by atoms with Gasteiger partial charge in [0.05, 0.1) is 5.69 Å². The van der Waals surface area contributed by atoms with Crippen LogP contribution < -0.4 is 5.73 Å². The topological polar surface area (TPSA) is 89.4 Å². The minimum atomic E-state index is -0.516. The lowest BCUT2D eigenvalue weighted by Gasteiger charge is -2.27. The molecule has 1 fully saturated rings. The van der Waals surface area contributed by atoms with E-state index in [1.54, 1.807) is 11.0 Å². The average molecular weight is 293 g/mol. The average Bonchev–Trinajstić information content (AvgIpc) is 2.95. The lowest BCUT2D eigenvalue weighted by Crippen LogP contribution is -2.46. The van der Waals surface area contributed by atoms with Crippen LogP contribution in [0.5, 0.6) is 0 Å². The number of likely N-dealkylation sites (tertiary alicyclic amines) is 1. The molecule has 1 aromatic heterocycles. The molecule has 2 heterocycles. The smallest absolute Gasteiger partial charge is 0.240 e. The molecule has 6 nitrogen and oxygen atoms in total. The van der Waals surface area contributed by atoms with Crippen molar-refractivity contribution in [2.45, 2.75) is 46.1 Å². The Kier molecular flexibility index (Phi) is 4.34. The molecule has 3 atom stereocenters. The van der Waals surface area contributed by atoms with Crippen LogP contribution in [-0.4, -0.2) is 34.5 Å². The summed E-state index contributed by atoms with van der Waals surface area (Å²) in [4.78, 5) is 26.1. The lowest BCUT2D eigenvalue weighted by molar-refractivity contribution is -0.139. The van der Waals surface area contributed by atoms with Gasteiger partial charge in [-0.05, 0) is 25.2 Å². The zero-order chi connectivity index (χ0) is 15.7. The van der Waals surface area contributed by atoms with Crippen LogP contribution >= 0.6 is 0 Å². The second-order valence-electron chi connectivity index (χ2n) is 6.34. The highest BCUT2D eigenvalue weighted by molar-refractivity contribution is 5.90. The SMILES string of the molecule is Cc1cc(C(C(=O)N2C[C@H](C)C[C@H]2C(N)=O)C(C)C)on1. The molecule has 0 spiro atoms. The van der Waals surface area contributed by atoms with Crippen molar-refractivity contribution in [3.05, 3.63) is 17.5 Å². The maximum atomic E-state index is 12.9. The molecule has 21 heavy (non-hydrogen) atoms. The summed E-state index contributed by atoms with van der Waals surface area (Å²) in [5.74, 6) is -0.100. The number of aryl methyl sites for hydroxylation is 1. The molecule has 2 N–H and O–H groups in total. The maximum Gasteiger partial charge on any atom is 0.240 e. The monoisotopic (exact) mass is 293 g/mol. The molecule has 116 valence electrons. The van der Waals surface area contributed by atoms with Crippen molar-refractivity contribution < 1.29 is 14.1 Å². The molecular weight excluding hydrogens is 270 g/mol. The Bertz CT molecular complexity index is 538. The van der Waals surface area contributed by atoms with Gasteiger partial charge in [-0.3, -0.25) is 9.59 Å². The first-order chi connectivity index (χ1) is 9.81. The number of primary amides is 1. The van der Waals surface area contributed by atoms with Gasteiger partial charge in [-0.2, -0.15) is 0 Å².